The van der Waals surface area contributed by atoms with Gasteiger partial charge >= 0.3 is 0 Å². The van der Waals surface area contributed by atoms with Crippen LogP contribution >= 0.6 is 0 Å². The van der Waals surface area contributed by atoms with Crippen LogP contribution in [-0.4, -0.2) is 19.1 Å². The number of imidazole rings is 2. The van der Waals surface area contributed by atoms with Crippen molar-refractivity contribution in [2.24, 2.45) is 14.1 Å². The zero-order valence-electron chi connectivity index (χ0n) is 7.60. The minimum absolute atomic E-state index is 0.498. The van der Waals surface area contributed by atoms with Crippen LogP contribution in [0.25, 0.3) is 11.5 Å². The SMILES string of the molecule is Cn1ccnc1-c1cnc(N)n1C. The van der Waals surface area contributed by atoms with Crippen LogP contribution in [0.3, 0.4) is 0 Å². The second kappa shape index (κ2) is 2.62. The molecule has 0 unspecified atom stereocenters. The molecule has 0 saturated heterocycles. The van der Waals surface area contributed by atoms with E-state index in [4.69, 9.17) is 5.73 Å². The summed E-state index contributed by atoms with van der Waals surface area (Å²) in [7, 11) is 3.80. The maximum atomic E-state index is 5.61. The van der Waals surface area contributed by atoms with Crippen molar-refractivity contribution in [3.63, 3.8) is 0 Å². The summed E-state index contributed by atoms with van der Waals surface area (Å²) in [5, 5.41) is 0. The molecule has 0 radical (unpaired) electrons. The van der Waals surface area contributed by atoms with Crippen LogP contribution in [0, 0.1) is 0 Å². The molecule has 2 aromatic rings. The van der Waals surface area contributed by atoms with Gasteiger partial charge < -0.3 is 14.9 Å². The predicted molar refractivity (Wildman–Crippen MR) is 49.8 cm³/mol. The number of nitrogen functional groups attached to an aromatic ring is 1. The molecule has 0 aromatic carbocycles. The molecule has 2 rings (SSSR count). The number of nitrogens with two attached hydrogens (primary N) is 1. The highest BCUT2D eigenvalue weighted by atomic mass is 15.2. The van der Waals surface area contributed by atoms with Crippen LogP contribution in [0.1, 0.15) is 0 Å². The van der Waals surface area contributed by atoms with E-state index in [9.17, 15) is 0 Å². The van der Waals surface area contributed by atoms with Gasteiger partial charge in [-0.3, -0.25) is 0 Å². The number of hydrogen-bond donors (Lipinski definition) is 1. The van der Waals surface area contributed by atoms with Crippen LogP contribution in [0.4, 0.5) is 5.95 Å². The summed E-state index contributed by atoms with van der Waals surface area (Å²) in [6, 6.07) is 0. The van der Waals surface area contributed by atoms with E-state index in [1.54, 1.807) is 12.4 Å². The molecule has 2 N–H and O–H groups in total. The molecule has 0 spiro atoms. The van der Waals surface area contributed by atoms with E-state index in [1.807, 2.05) is 29.4 Å². The van der Waals surface area contributed by atoms with Gasteiger partial charge in [-0.05, 0) is 0 Å². The zero-order chi connectivity index (χ0) is 9.42. The number of anilines is 1. The van der Waals surface area contributed by atoms with Crippen molar-refractivity contribution in [1.29, 1.82) is 0 Å². The first-order valence-corrected chi connectivity index (χ1v) is 3.95. The molecule has 0 atom stereocenters. The summed E-state index contributed by atoms with van der Waals surface area (Å²) in [5.74, 6) is 1.37. The molecule has 2 aromatic heterocycles. The Balaban J connectivity index is 2.59. The van der Waals surface area contributed by atoms with E-state index in [-0.39, 0.29) is 0 Å². The Hall–Kier alpha value is -1.78. The smallest absolute Gasteiger partial charge is 0.200 e. The minimum Gasteiger partial charge on any atom is -0.369 e. The lowest BCUT2D eigenvalue weighted by atomic mass is 10.4. The highest BCUT2D eigenvalue weighted by Gasteiger charge is 2.09. The van der Waals surface area contributed by atoms with Crippen molar-refractivity contribution in [3.05, 3.63) is 18.6 Å². The van der Waals surface area contributed by atoms with Gasteiger partial charge in [0.2, 0.25) is 0 Å². The fourth-order valence-corrected chi connectivity index (χ4v) is 1.24. The Labute approximate surface area is 75.8 Å². The van der Waals surface area contributed by atoms with Gasteiger partial charge in [-0.1, -0.05) is 0 Å². The molecule has 0 amide bonds. The fourth-order valence-electron chi connectivity index (χ4n) is 1.24. The summed E-state index contributed by atoms with van der Waals surface area (Å²) in [6.45, 7) is 0. The quantitative estimate of drug-likeness (QED) is 0.686. The number of hydrogen-bond acceptors (Lipinski definition) is 3. The van der Waals surface area contributed by atoms with E-state index in [1.165, 1.54) is 0 Å². The maximum Gasteiger partial charge on any atom is 0.200 e. The minimum atomic E-state index is 0.498. The van der Waals surface area contributed by atoms with Gasteiger partial charge in [-0.15, -0.1) is 0 Å². The van der Waals surface area contributed by atoms with Crippen molar-refractivity contribution < 1.29 is 0 Å². The lowest BCUT2D eigenvalue weighted by Crippen LogP contribution is -2.01. The van der Waals surface area contributed by atoms with Crippen molar-refractivity contribution in [2.45, 2.75) is 0 Å². The number of nitrogens with zero attached hydrogens (tertiary/aromatic N) is 4. The van der Waals surface area contributed by atoms with Crippen LogP contribution in [0.5, 0.6) is 0 Å². The molecule has 68 valence electrons. The second-order valence-electron chi connectivity index (χ2n) is 2.92. The summed E-state index contributed by atoms with van der Waals surface area (Å²) < 4.78 is 3.73. The summed E-state index contributed by atoms with van der Waals surface area (Å²) in [6.07, 6.45) is 5.36. The monoisotopic (exact) mass is 177 g/mol. The van der Waals surface area contributed by atoms with E-state index >= 15 is 0 Å². The third kappa shape index (κ3) is 1.09. The topological polar surface area (TPSA) is 61.7 Å². The van der Waals surface area contributed by atoms with E-state index in [0.29, 0.717) is 5.95 Å². The third-order valence-corrected chi connectivity index (χ3v) is 2.07. The summed E-state index contributed by atoms with van der Waals surface area (Å²) in [4.78, 5) is 8.21. The first-order valence-electron chi connectivity index (χ1n) is 3.95. The van der Waals surface area contributed by atoms with Crippen molar-refractivity contribution >= 4 is 5.95 Å². The van der Waals surface area contributed by atoms with Crippen LogP contribution in [0.15, 0.2) is 18.6 Å². The number of aromatic nitrogens is 4. The lowest BCUT2D eigenvalue weighted by molar-refractivity contribution is 0.876. The van der Waals surface area contributed by atoms with Crippen molar-refractivity contribution in [1.82, 2.24) is 19.1 Å². The van der Waals surface area contributed by atoms with Gasteiger partial charge in [-0.2, -0.15) is 0 Å². The number of rotatable bonds is 1. The Morgan fingerprint density at radius 1 is 1.31 bits per heavy atom. The lowest BCUT2D eigenvalue weighted by Gasteiger charge is -2.02. The molecule has 0 fully saturated rings. The first-order chi connectivity index (χ1) is 6.20. The first kappa shape index (κ1) is 7.85. The molecule has 0 aliphatic rings. The fraction of sp³-hybridized carbons (Fsp3) is 0.250. The third-order valence-electron chi connectivity index (χ3n) is 2.07. The maximum absolute atomic E-state index is 5.61. The van der Waals surface area contributed by atoms with E-state index in [2.05, 4.69) is 9.97 Å². The average Bonchev–Trinajstić information content (AvgIpc) is 2.62. The molecule has 0 bridgehead atoms. The standard InChI is InChI=1S/C8H11N5/c1-12-4-3-10-7(12)6-5-11-8(9)13(6)2/h3-5H,1-2H3,(H2,9,11). The molecule has 0 aliphatic carbocycles. The van der Waals surface area contributed by atoms with Crippen LogP contribution in [-0.2, 0) is 14.1 Å². The van der Waals surface area contributed by atoms with Crippen molar-refractivity contribution in [3.8, 4) is 11.5 Å². The van der Waals surface area contributed by atoms with Crippen LogP contribution < -0.4 is 5.73 Å². The highest BCUT2D eigenvalue weighted by molar-refractivity contribution is 5.52. The molecule has 2 heterocycles. The summed E-state index contributed by atoms with van der Waals surface area (Å²) >= 11 is 0. The highest BCUT2D eigenvalue weighted by Crippen LogP contribution is 2.17. The van der Waals surface area contributed by atoms with E-state index < -0.39 is 0 Å². The van der Waals surface area contributed by atoms with Gasteiger partial charge in [0.15, 0.2) is 11.8 Å². The molecule has 13 heavy (non-hydrogen) atoms. The Bertz CT molecular complexity index is 425. The Kier molecular flexibility index (Phi) is 1.58. The molecule has 0 saturated carbocycles. The molecular formula is C8H11N5. The molecule has 5 heteroatoms. The molecular weight excluding hydrogens is 166 g/mol. The second-order valence-corrected chi connectivity index (χ2v) is 2.92. The zero-order valence-corrected chi connectivity index (χ0v) is 7.60. The van der Waals surface area contributed by atoms with Gasteiger partial charge in [0, 0.05) is 26.5 Å². The van der Waals surface area contributed by atoms with Gasteiger partial charge in [-0.25, -0.2) is 9.97 Å². The number of aryl methyl sites for hydroxylation is 1. The van der Waals surface area contributed by atoms with Gasteiger partial charge in [0.25, 0.3) is 0 Å². The van der Waals surface area contributed by atoms with Crippen LogP contribution in [0.2, 0.25) is 0 Å². The largest absolute Gasteiger partial charge is 0.369 e. The summed E-state index contributed by atoms with van der Waals surface area (Å²) in [5.41, 5.74) is 6.53. The van der Waals surface area contributed by atoms with E-state index in [0.717, 1.165) is 11.5 Å². The molecule has 5 nitrogen and oxygen atoms in total. The Morgan fingerprint density at radius 3 is 2.54 bits per heavy atom. The Morgan fingerprint density at radius 2 is 2.08 bits per heavy atom. The van der Waals surface area contributed by atoms with Gasteiger partial charge in [0.1, 0.15) is 5.69 Å². The molecule has 0 aliphatic heterocycles. The van der Waals surface area contributed by atoms with Crippen molar-refractivity contribution in [2.75, 3.05) is 5.73 Å². The average molecular weight is 177 g/mol. The normalized spacial score (nSPS) is 10.6. The van der Waals surface area contributed by atoms with Gasteiger partial charge in [0.05, 0.1) is 6.20 Å². The predicted octanol–water partition coefficient (Wildman–Crippen LogP) is 0.403.